The van der Waals surface area contributed by atoms with Gasteiger partial charge >= 0.3 is 6.08 Å². The summed E-state index contributed by atoms with van der Waals surface area (Å²) in [4.78, 5) is 4.27. The highest BCUT2D eigenvalue weighted by molar-refractivity contribution is 5.80. The summed E-state index contributed by atoms with van der Waals surface area (Å²) in [5.41, 5.74) is 8.71. The molecule has 4 nitrogen and oxygen atoms in total. The molecule has 0 radical (unpaired) electrons. The van der Waals surface area contributed by atoms with Crippen molar-refractivity contribution in [2.75, 3.05) is 6.61 Å². The number of oxazole rings is 1. The minimum Gasteiger partial charge on any atom is -0.437 e. The van der Waals surface area contributed by atoms with E-state index in [1.165, 1.54) is 0 Å². The number of nitrogens with zero attached hydrogens (tertiary/aromatic N) is 1. The molecule has 2 N–H and O–H groups in total. The smallest absolute Gasteiger partial charge is 0.395 e. The van der Waals surface area contributed by atoms with Crippen molar-refractivity contribution in [1.29, 1.82) is 0 Å². The molecule has 3 aromatic rings. The zero-order valence-electron chi connectivity index (χ0n) is 10.7. The van der Waals surface area contributed by atoms with Crippen molar-refractivity contribution in [3.05, 3.63) is 48.5 Å². The van der Waals surface area contributed by atoms with E-state index in [9.17, 15) is 0 Å². The Morgan fingerprint density at radius 3 is 2.75 bits per heavy atom. The molecular weight excluding hydrogens is 252 g/mol. The van der Waals surface area contributed by atoms with Gasteiger partial charge in [0.25, 0.3) is 0 Å². The highest BCUT2D eigenvalue weighted by atomic mass is 16.6. The van der Waals surface area contributed by atoms with Gasteiger partial charge in [-0.2, -0.15) is 4.98 Å². The molecule has 0 fully saturated rings. The molecule has 20 heavy (non-hydrogen) atoms. The number of hydrogen-bond acceptors (Lipinski definition) is 4. The van der Waals surface area contributed by atoms with Crippen molar-refractivity contribution < 1.29 is 9.15 Å². The van der Waals surface area contributed by atoms with Gasteiger partial charge in [0.05, 0.1) is 0 Å². The van der Waals surface area contributed by atoms with Crippen LogP contribution in [0.25, 0.3) is 22.2 Å². The fourth-order valence-corrected chi connectivity index (χ4v) is 1.92. The maximum Gasteiger partial charge on any atom is 0.395 e. The van der Waals surface area contributed by atoms with Crippen LogP contribution >= 0.6 is 0 Å². The van der Waals surface area contributed by atoms with Crippen LogP contribution < -0.4 is 10.5 Å². The molecule has 0 aliphatic carbocycles. The lowest BCUT2D eigenvalue weighted by atomic mass is 10.1. The maximum atomic E-state index is 5.46. The molecule has 0 spiro atoms. The third-order valence-corrected chi connectivity index (χ3v) is 2.84. The summed E-state index contributed by atoms with van der Waals surface area (Å²) in [5.74, 6) is 2.58. The molecule has 98 valence electrons. The minimum atomic E-state index is 0.162. The number of hydrogen-bond donors (Lipinski definition) is 1. The van der Waals surface area contributed by atoms with Gasteiger partial charge in [0.1, 0.15) is 5.52 Å². The standard InChI is InChI=1S/C16H12N2O2/c17-9-4-10-19-16-18-14-11-13(7-8-15(14)20-16)12-5-2-1-3-6-12/h1-3,5-8,11H,10,17H2. The molecule has 0 atom stereocenters. The van der Waals surface area contributed by atoms with Crippen molar-refractivity contribution in [2.45, 2.75) is 0 Å². The van der Waals surface area contributed by atoms with Gasteiger partial charge in [0, 0.05) is 6.04 Å². The van der Waals surface area contributed by atoms with Crippen molar-refractivity contribution in [1.82, 2.24) is 4.98 Å². The van der Waals surface area contributed by atoms with Crippen LogP contribution in [0.2, 0.25) is 0 Å². The van der Waals surface area contributed by atoms with Crippen LogP contribution in [0.15, 0.2) is 52.9 Å². The predicted octanol–water partition coefficient (Wildman–Crippen LogP) is 2.79. The normalized spacial score (nSPS) is 10.0. The third kappa shape index (κ3) is 2.43. The average Bonchev–Trinajstić information content (AvgIpc) is 2.90. The van der Waals surface area contributed by atoms with E-state index in [0.29, 0.717) is 5.58 Å². The van der Waals surface area contributed by atoms with E-state index in [1.807, 2.05) is 36.4 Å². The van der Waals surface area contributed by atoms with Gasteiger partial charge in [-0.15, -0.1) is 0 Å². The Morgan fingerprint density at radius 1 is 1.10 bits per heavy atom. The monoisotopic (exact) mass is 264 g/mol. The van der Waals surface area contributed by atoms with Crippen LogP contribution in [-0.2, 0) is 0 Å². The summed E-state index contributed by atoms with van der Waals surface area (Å²) in [6.45, 7) is 0.162. The lowest BCUT2D eigenvalue weighted by Gasteiger charge is -1.99. The molecule has 0 saturated carbocycles. The largest absolute Gasteiger partial charge is 0.437 e. The van der Waals surface area contributed by atoms with E-state index in [4.69, 9.17) is 14.9 Å². The van der Waals surface area contributed by atoms with E-state index in [1.54, 1.807) is 0 Å². The fraction of sp³-hybridized carbons (Fsp3) is 0.0625. The Morgan fingerprint density at radius 2 is 1.95 bits per heavy atom. The number of fused-ring (bicyclic) bond motifs is 1. The Labute approximate surface area is 116 Å². The van der Waals surface area contributed by atoms with Crippen LogP contribution in [0.3, 0.4) is 0 Å². The molecule has 0 bridgehead atoms. The average molecular weight is 264 g/mol. The first-order chi connectivity index (χ1) is 9.86. The Bertz CT molecular complexity index is 782. The molecule has 0 aliphatic rings. The van der Waals surface area contributed by atoms with Gasteiger partial charge in [-0.3, -0.25) is 0 Å². The zero-order chi connectivity index (χ0) is 13.8. The van der Waals surface area contributed by atoms with Crippen LogP contribution in [-0.4, -0.2) is 11.6 Å². The zero-order valence-corrected chi connectivity index (χ0v) is 10.7. The van der Waals surface area contributed by atoms with Gasteiger partial charge in [-0.1, -0.05) is 36.4 Å². The molecule has 0 saturated heterocycles. The van der Waals surface area contributed by atoms with Crippen molar-refractivity contribution >= 4 is 11.1 Å². The SMILES string of the molecule is NC#CCOc1nc2cc(-c3ccccc3)ccc2o1. The molecule has 0 unspecified atom stereocenters. The van der Waals surface area contributed by atoms with Gasteiger partial charge in [-0.25, -0.2) is 0 Å². The van der Waals surface area contributed by atoms with E-state index in [2.05, 4.69) is 29.1 Å². The number of nitrogens with two attached hydrogens (primary N) is 1. The number of rotatable bonds is 3. The third-order valence-electron chi connectivity index (χ3n) is 2.84. The minimum absolute atomic E-state index is 0.162. The lowest BCUT2D eigenvalue weighted by molar-refractivity contribution is 0.271. The van der Waals surface area contributed by atoms with Crippen molar-refractivity contribution in [3.8, 4) is 29.2 Å². The van der Waals surface area contributed by atoms with Crippen LogP contribution in [0, 0.1) is 12.0 Å². The first-order valence-corrected chi connectivity index (χ1v) is 6.14. The Balaban J connectivity index is 1.92. The number of benzene rings is 2. The quantitative estimate of drug-likeness (QED) is 0.583. The fourth-order valence-electron chi connectivity index (χ4n) is 1.92. The molecule has 0 amide bonds. The first kappa shape index (κ1) is 12.1. The summed E-state index contributed by atoms with van der Waals surface area (Å²) in [6, 6.07) is 18.2. The van der Waals surface area contributed by atoms with Gasteiger partial charge < -0.3 is 14.9 Å². The summed E-state index contributed by atoms with van der Waals surface area (Å²) in [7, 11) is 0. The van der Waals surface area contributed by atoms with E-state index in [-0.39, 0.29) is 12.7 Å². The summed E-state index contributed by atoms with van der Waals surface area (Å²) in [5, 5.41) is 0. The lowest BCUT2D eigenvalue weighted by Crippen LogP contribution is -1.94. The number of aromatic nitrogens is 1. The van der Waals surface area contributed by atoms with Crippen molar-refractivity contribution in [3.63, 3.8) is 0 Å². The molecule has 1 heterocycles. The Hall–Kier alpha value is -2.93. The highest BCUT2D eigenvalue weighted by Gasteiger charge is 2.07. The molecule has 0 aliphatic heterocycles. The van der Waals surface area contributed by atoms with Crippen LogP contribution in [0.5, 0.6) is 6.08 Å². The van der Waals surface area contributed by atoms with Gasteiger partial charge in [-0.05, 0) is 29.2 Å². The van der Waals surface area contributed by atoms with Gasteiger partial charge in [0.15, 0.2) is 12.2 Å². The highest BCUT2D eigenvalue weighted by Crippen LogP contribution is 2.26. The second-order valence-electron chi connectivity index (χ2n) is 4.14. The predicted molar refractivity (Wildman–Crippen MR) is 76.9 cm³/mol. The molecule has 4 heteroatoms. The summed E-state index contributed by atoms with van der Waals surface area (Å²) >= 11 is 0. The molecular formula is C16H12N2O2. The van der Waals surface area contributed by atoms with Gasteiger partial charge in [0.2, 0.25) is 0 Å². The van der Waals surface area contributed by atoms with Crippen LogP contribution in [0.4, 0.5) is 0 Å². The molecule has 1 aromatic heterocycles. The Kier molecular flexibility index (Phi) is 3.25. The van der Waals surface area contributed by atoms with E-state index >= 15 is 0 Å². The molecule has 2 aromatic carbocycles. The number of ether oxygens (including phenoxy) is 1. The second-order valence-corrected chi connectivity index (χ2v) is 4.14. The summed E-state index contributed by atoms with van der Waals surface area (Å²) < 4.78 is 10.7. The maximum absolute atomic E-state index is 5.46. The topological polar surface area (TPSA) is 61.3 Å². The van der Waals surface area contributed by atoms with Crippen molar-refractivity contribution in [2.24, 2.45) is 5.73 Å². The summed E-state index contributed by atoms with van der Waals surface area (Å²) in [6.07, 6.45) is 0.202. The van der Waals surface area contributed by atoms with E-state index < -0.39 is 0 Å². The van der Waals surface area contributed by atoms with E-state index in [0.717, 1.165) is 16.6 Å². The van der Waals surface area contributed by atoms with Crippen LogP contribution in [0.1, 0.15) is 0 Å². The molecule has 3 rings (SSSR count). The first-order valence-electron chi connectivity index (χ1n) is 6.14. The second kappa shape index (κ2) is 5.37.